The second-order valence-electron chi connectivity index (χ2n) is 4.82. The average molecular weight is 270 g/mol. The minimum Gasteiger partial charge on any atom is -0.289 e. The molecule has 1 nitrogen and oxygen atoms in total. The van der Waals surface area contributed by atoms with Crippen molar-refractivity contribution in [3.8, 4) is 0 Å². The molecule has 0 saturated carbocycles. The summed E-state index contributed by atoms with van der Waals surface area (Å²) in [5.74, 6) is 0.427. The van der Waals surface area contributed by atoms with Crippen LogP contribution in [-0.4, -0.2) is 0 Å². The zero-order chi connectivity index (χ0) is 14.0. The van der Waals surface area contributed by atoms with Crippen LogP contribution in [0.4, 0.5) is 0 Å². The SMILES string of the molecule is C=Cc1c(/C=C\C)sc2ccc(C(C)C)cc2c1=O. The highest BCUT2D eigenvalue weighted by Gasteiger charge is 2.10. The maximum Gasteiger partial charge on any atom is 0.195 e. The predicted octanol–water partition coefficient (Wildman–Crippen LogP) is 5.06. The summed E-state index contributed by atoms with van der Waals surface area (Å²) < 4.78 is 1.04. The maximum atomic E-state index is 12.5. The number of hydrogen-bond acceptors (Lipinski definition) is 2. The molecule has 98 valence electrons. The van der Waals surface area contributed by atoms with Crippen LogP contribution in [0.3, 0.4) is 0 Å². The fraction of sp³-hybridized carbons (Fsp3) is 0.235. The lowest BCUT2D eigenvalue weighted by Gasteiger charge is -2.08. The van der Waals surface area contributed by atoms with Crippen molar-refractivity contribution in [1.29, 1.82) is 0 Å². The lowest BCUT2D eigenvalue weighted by atomic mass is 10.0. The van der Waals surface area contributed by atoms with Crippen LogP contribution in [0.5, 0.6) is 0 Å². The summed E-state index contributed by atoms with van der Waals surface area (Å²) in [6, 6.07) is 6.18. The molecule has 0 saturated heterocycles. The lowest BCUT2D eigenvalue weighted by molar-refractivity contribution is 0.869. The molecular formula is C17H18OS. The van der Waals surface area contributed by atoms with E-state index in [2.05, 4.69) is 32.6 Å². The van der Waals surface area contributed by atoms with Crippen LogP contribution in [0.1, 0.15) is 42.7 Å². The number of benzene rings is 1. The molecule has 0 aliphatic heterocycles. The Bertz CT molecular complexity index is 705. The molecule has 1 aromatic carbocycles. The van der Waals surface area contributed by atoms with Gasteiger partial charge in [-0.2, -0.15) is 0 Å². The molecule has 2 heteroatoms. The van der Waals surface area contributed by atoms with Crippen molar-refractivity contribution in [2.45, 2.75) is 26.7 Å². The summed E-state index contributed by atoms with van der Waals surface area (Å²) >= 11 is 1.64. The van der Waals surface area contributed by atoms with Crippen molar-refractivity contribution >= 4 is 33.6 Å². The molecule has 0 fully saturated rings. The van der Waals surface area contributed by atoms with Crippen molar-refractivity contribution in [3.63, 3.8) is 0 Å². The van der Waals surface area contributed by atoms with Crippen LogP contribution >= 0.6 is 11.3 Å². The Labute approximate surface area is 117 Å². The normalized spacial score (nSPS) is 11.6. The minimum absolute atomic E-state index is 0.0827. The summed E-state index contributed by atoms with van der Waals surface area (Å²) in [6.45, 7) is 10.00. The van der Waals surface area contributed by atoms with E-state index in [0.29, 0.717) is 11.5 Å². The quantitative estimate of drug-likeness (QED) is 0.761. The smallest absolute Gasteiger partial charge is 0.195 e. The maximum absolute atomic E-state index is 12.5. The first kappa shape index (κ1) is 13.8. The van der Waals surface area contributed by atoms with Gasteiger partial charge in [0.15, 0.2) is 5.43 Å². The van der Waals surface area contributed by atoms with E-state index in [0.717, 1.165) is 15.0 Å². The van der Waals surface area contributed by atoms with Crippen molar-refractivity contribution in [2.24, 2.45) is 0 Å². The van der Waals surface area contributed by atoms with Gasteiger partial charge in [0.2, 0.25) is 0 Å². The third-order valence-electron chi connectivity index (χ3n) is 3.17. The zero-order valence-corrected chi connectivity index (χ0v) is 12.4. The van der Waals surface area contributed by atoms with Crippen LogP contribution in [0, 0.1) is 0 Å². The summed E-state index contributed by atoms with van der Waals surface area (Å²) in [4.78, 5) is 13.5. The average Bonchev–Trinajstić information content (AvgIpc) is 2.39. The highest BCUT2D eigenvalue weighted by atomic mass is 32.1. The third-order valence-corrected chi connectivity index (χ3v) is 4.32. The largest absolute Gasteiger partial charge is 0.289 e. The van der Waals surface area contributed by atoms with E-state index in [4.69, 9.17) is 0 Å². The van der Waals surface area contributed by atoms with E-state index in [1.54, 1.807) is 17.4 Å². The van der Waals surface area contributed by atoms with Crippen molar-refractivity contribution < 1.29 is 0 Å². The first-order chi connectivity index (χ1) is 9.08. The zero-order valence-electron chi connectivity index (χ0n) is 11.6. The number of rotatable bonds is 3. The highest BCUT2D eigenvalue weighted by Crippen LogP contribution is 2.27. The van der Waals surface area contributed by atoms with Crippen molar-refractivity contribution in [2.75, 3.05) is 0 Å². The van der Waals surface area contributed by atoms with Gasteiger partial charge in [-0.15, -0.1) is 11.3 Å². The van der Waals surface area contributed by atoms with Crippen LogP contribution in [0.25, 0.3) is 22.2 Å². The summed E-state index contributed by atoms with van der Waals surface area (Å²) in [6.07, 6.45) is 5.58. The van der Waals surface area contributed by atoms with Crippen LogP contribution in [0.15, 0.2) is 35.6 Å². The molecule has 2 rings (SSSR count). The summed E-state index contributed by atoms with van der Waals surface area (Å²) in [5, 5.41) is 0.805. The van der Waals surface area contributed by atoms with Gasteiger partial charge in [0.25, 0.3) is 0 Å². The van der Waals surface area contributed by atoms with Crippen molar-refractivity contribution in [1.82, 2.24) is 0 Å². The monoisotopic (exact) mass is 270 g/mol. The van der Waals surface area contributed by atoms with Gasteiger partial charge in [-0.05, 0) is 36.6 Å². The molecule has 0 spiro atoms. The number of hydrogen-bond donors (Lipinski definition) is 0. The Kier molecular flexibility index (Phi) is 4.01. The second-order valence-corrected chi connectivity index (χ2v) is 5.91. The van der Waals surface area contributed by atoms with Crippen molar-refractivity contribution in [3.05, 3.63) is 57.1 Å². The molecule has 0 unspecified atom stereocenters. The molecule has 0 N–H and O–H groups in total. The van der Waals surface area contributed by atoms with Crippen LogP contribution in [-0.2, 0) is 0 Å². The summed E-state index contributed by atoms with van der Waals surface area (Å²) in [5.41, 5.74) is 1.99. The molecule has 0 amide bonds. The Balaban J connectivity index is 2.84. The first-order valence-electron chi connectivity index (χ1n) is 6.44. The Morgan fingerprint density at radius 1 is 1.32 bits per heavy atom. The molecule has 0 bridgehead atoms. The first-order valence-corrected chi connectivity index (χ1v) is 7.26. The molecule has 0 aliphatic carbocycles. The molecule has 2 aromatic rings. The molecule has 0 atom stereocenters. The Morgan fingerprint density at radius 3 is 2.63 bits per heavy atom. The van der Waals surface area contributed by atoms with Crippen LogP contribution in [0.2, 0.25) is 0 Å². The van der Waals surface area contributed by atoms with Gasteiger partial charge < -0.3 is 0 Å². The third kappa shape index (κ3) is 2.54. The predicted molar refractivity (Wildman–Crippen MR) is 87.0 cm³/mol. The van der Waals surface area contributed by atoms with Gasteiger partial charge in [0.05, 0.1) is 0 Å². The van der Waals surface area contributed by atoms with Gasteiger partial charge in [0, 0.05) is 20.5 Å². The van der Waals surface area contributed by atoms with Gasteiger partial charge in [-0.3, -0.25) is 4.79 Å². The Morgan fingerprint density at radius 2 is 2.05 bits per heavy atom. The minimum atomic E-state index is 0.0827. The van der Waals surface area contributed by atoms with E-state index in [1.165, 1.54) is 5.56 Å². The topological polar surface area (TPSA) is 17.1 Å². The van der Waals surface area contributed by atoms with Gasteiger partial charge in [-0.1, -0.05) is 38.6 Å². The van der Waals surface area contributed by atoms with Gasteiger partial charge in [-0.25, -0.2) is 0 Å². The number of allylic oxidation sites excluding steroid dienone is 1. The highest BCUT2D eigenvalue weighted by molar-refractivity contribution is 7.19. The van der Waals surface area contributed by atoms with Crippen LogP contribution < -0.4 is 5.43 Å². The molecule has 0 radical (unpaired) electrons. The van der Waals surface area contributed by atoms with E-state index < -0.39 is 0 Å². The fourth-order valence-electron chi connectivity index (χ4n) is 2.07. The molecule has 1 heterocycles. The van der Waals surface area contributed by atoms with Gasteiger partial charge >= 0.3 is 0 Å². The molecule has 19 heavy (non-hydrogen) atoms. The van der Waals surface area contributed by atoms with E-state index in [1.807, 2.05) is 25.1 Å². The fourth-order valence-corrected chi connectivity index (χ4v) is 3.20. The molecule has 1 aromatic heterocycles. The van der Waals surface area contributed by atoms with Gasteiger partial charge in [0.1, 0.15) is 0 Å². The van der Waals surface area contributed by atoms with E-state index >= 15 is 0 Å². The Hall–Kier alpha value is -1.67. The standard InChI is InChI=1S/C17H18OS/c1-5-7-15-13(6-2)17(18)14-10-12(11(3)4)8-9-16(14)19-15/h5-11H,2H2,1,3-4H3/b7-5-. The second kappa shape index (κ2) is 5.54. The lowest BCUT2D eigenvalue weighted by Crippen LogP contribution is -2.06. The number of fused-ring (bicyclic) bond motifs is 1. The summed E-state index contributed by atoms with van der Waals surface area (Å²) in [7, 11) is 0. The molecular weight excluding hydrogens is 252 g/mol. The van der Waals surface area contributed by atoms with E-state index in [-0.39, 0.29) is 5.43 Å². The molecule has 0 aliphatic rings. The van der Waals surface area contributed by atoms with E-state index in [9.17, 15) is 4.79 Å².